The van der Waals surface area contributed by atoms with Crippen LogP contribution in [0.25, 0.3) is 0 Å². The molecule has 1 aromatic carbocycles. The summed E-state index contributed by atoms with van der Waals surface area (Å²) in [6.07, 6.45) is 7.06. The molecule has 0 amide bonds. The van der Waals surface area contributed by atoms with Gasteiger partial charge in [0.1, 0.15) is 5.82 Å². The van der Waals surface area contributed by atoms with E-state index in [0.717, 1.165) is 25.2 Å². The Hall–Kier alpha value is -1.61. The van der Waals surface area contributed by atoms with Gasteiger partial charge in [-0.25, -0.2) is 4.98 Å². The molecule has 1 N–H and O–H groups in total. The maximum absolute atomic E-state index is 4.73. The van der Waals surface area contributed by atoms with Crippen LogP contribution in [0.4, 0.5) is 0 Å². The number of hydrogen-bond donors (Lipinski definition) is 1. The second kappa shape index (κ2) is 7.10. The lowest BCUT2D eigenvalue weighted by Crippen LogP contribution is -2.33. The van der Waals surface area contributed by atoms with Gasteiger partial charge >= 0.3 is 0 Å². The largest absolute Gasteiger partial charge is 0.334 e. The number of aromatic nitrogens is 2. The molecule has 2 unspecified atom stereocenters. The highest BCUT2D eigenvalue weighted by atomic mass is 15.1. The average molecular weight is 297 g/mol. The van der Waals surface area contributed by atoms with Gasteiger partial charge in [-0.1, -0.05) is 30.3 Å². The van der Waals surface area contributed by atoms with E-state index >= 15 is 0 Å². The minimum absolute atomic E-state index is 0.548. The first-order valence-corrected chi connectivity index (χ1v) is 8.53. The van der Waals surface area contributed by atoms with Crippen LogP contribution in [0.15, 0.2) is 36.5 Å². The van der Waals surface area contributed by atoms with E-state index in [1.807, 2.05) is 0 Å². The van der Waals surface area contributed by atoms with Crippen LogP contribution in [-0.2, 0) is 13.0 Å². The fraction of sp³-hybridized carbons (Fsp3) is 0.526. The van der Waals surface area contributed by atoms with E-state index < -0.39 is 0 Å². The number of benzene rings is 1. The van der Waals surface area contributed by atoms with Gasteiger partial charge in [-0.2, -0.15) is 0 Å². The van der Waals surface area contributed by atoms with Crippen LogP contribution < -0.4 is 5.32 Å². The lowest BCUT2D eigenvalue weighted by atomic mass is 9.98. The zero-order valence-electron chi connectivity index (χ0n) is 13.8. The third-order valence-corrected chi connectivity index (χ3v) is 4.67. The van der Waals surface area contributed by atoms with Crippen LogP contribution in [0.5, 0.6) is 0 Å². The third kappa shape index (κ3) is 3.77. The zero-order valence-corrected chi connectivity index (χ0v) is 13.8. The van der Waals surface area contributed by atoms with Crippen LogP contribution in [0, 0.1) is 6.92 Å². The lowest BCUT2D eigenvalue weighted by molar-refractivity contribution is 0.399. The summed E-state index contributed by atoms with van der Waals surface area (Å²) in [5.74, 6) is 1.85. The quantitative estimate of drug-likeness (QED) is 0.881. The molecule has 1 aliphatic heterocycles. The smallest absolute Gasteiger partial charge is 0.113 e. The topological polar surface area (TPSA) is 29.9 Å². The fourth-order valence-corrected chi connectivity index (χ4v) is 3.37. The highest BCUT2D eigenvalue weighted by Gasteiger charge is 2.22. The van der Waals surface area contributed by atoms with Gasteiger partial charge < -0.3 is 9.88 Å². The van der Waals surface area contributed by atoms with Crippen LogP contribution in [0.2, 0.25) is 0 Å². The van der Waals surface area contributed by atoms with Crippen molar-refractivity contribution in [3.05, 3.63) is 53.6 Å². The van der Waals surface area contributed by atoms with Gasteiger partial charge in [0.2, 0.25) is 0 Å². The molecule has 1 aliphatic rings. The second-order valence-corrected chi connectivity index (χ2v) is 6.61. The van der Waals surface area contributed by atoms with E-state index in [1.54, 1.807) is 0 Å². The van der Waals surface area contributed by atoms with Gasteiger partial charge in [-0.15, -0.1) is 0 Å². The summed E-state index contributed by atoms with van der Waals surface area (Å²) in [6, 6.07) is 11.3. The molecular weight excluding hydrogens is 270 g/mol. The van der Waals surface area contributed by atoms with Crippen molar-refractivity contribution in [1.82, 2.24) is 14.9 Å². The first kappa shape index (κ1) is 15.3. The summed E-state index contributed by atoms with van der Waals surface area (Å²) in [6.45, 7) is 6.57. The summed E-state index contributed by atoms with van der Waals surface area (Å²) in [5, 5.41) is 3.72. The number of hydrogen-bond acceptors (Lipinski definition) is 2. The Morgan fingerprint density at radius 3 is 2.95 bits per heavy atom. The Morgan fingerprint density at radius 2 is 2.14 bits per heavy atom. The van der Waals surface area contributed by atoms with E-state index in [0.29, 0.717) is 12.0 Å². The molecule has 118 valence electrons. The fourth-order valence-electron chi connectivity index (χ4n) is 3.37. The van der Waals surface area contributed by atoms with Crippen LogP contribution in [0.1, 0.15) is 49.2 Å². The Morgan fingerprint density at radius 1 is 1.32 bits per heavy atom. The predicted molar refractivity (Wildman–Crippen MR) is 91.2 cm³/mol. The Labute approximate surface area is 133 Å². The molecule has 3 rings (SSSR count). The van der Waals surface area contributed by atoms with Crippen LogP contribution >= 0.6 is 0 Å². The lowest BCUT2D eigenvalue weighted by Gasteiger charge is -2.25. The number of nitrogens with zero attached hydrogens (tertiary/aromatic N) is 2. The molecule has 2 aromatic rings. The van der Waals surface area contributed by atoms with Crippen molar-refractivity contribution in [2.75, 3.05) is 6.54 Å². The normalized spacial score (nSPS) is 18.9. The van der Waals surface area contributed by atoms with Crippen molar-refractivity contribution in [3.63, 3.8) is 0 Å². The average Bonchev–Trinajstić information content (AvgIpc) is 2.92. The van der Waals surface area contributed by atoms with Crippen molar-refractivity contribution in [2.24, 2.45) is 0 Å². The summed E-state index contributed by atoms with van der Waals surface area (Å²) < 4.78 is 2.35. The summed E-state index contributed by atoms with van der Waals surface area (Å²) in [5.41, 5.74) is 2.58. The molecule has 2 atom stereocenters. The van der Waals surface area contributed by atoms with Gasteiger partial charge in [-0.3, -0.25) is 0 Å². The molecule has 0 bridgehead atoms. The Balaban J connectivity index is 1.48. The van der Waals surface area contributed by atoms with E-state index in [2.05, 4.69) is 60.3 Å². The van der Waals surface area contributed by atoms with Crippen molar-refractivity contribution < 1.29 is 0 Å². The van der Waals surface area contributed by atoms with Crippen molar-refractivity contribution in [3.8, 4) is 0 Å². The standard InChI is InChI=1S/C19H27N3/c1-15(10-11-17-7-4-3-5-8-17)20-13-18-9-6-12-22-14-16(2)21-19(18)22/h3-5,7-8,14-15,18,20H,6,9-13H2,1-2H3. The van der Waals surface area contributed by atoms with Crippen molar-refractivity contribution in [2.45, 2.75) is 58.0 Å². The Kier molecular flexibility index (Phi) is 4.94. The summed E-state index contributed by atoms with van der Waals surface area (Å²) in [4.78, 5) is 4.73. The predicted octanol–water partition coefficient (Wildman–Crippen LogP) is 3.68. The minimum Gasteiger partial charge on any atom is -0.334 e. The number of imidazole rings is 1. The SMILES string of the molecule is Cc1cn2c(n1)C(CNC(C)CCc1ccccc1)CCC2. The molecule has 3 nitrogen and oxygen atoms in total. The molecule has 0 spiro atoms. The van der Waals surface area contributed by atoms with Crippen molar-refractivity contribution >= 4 is 0 Å². The Bertz CT molecular complexity index is 588. The third-order valence-electron chi connectivity index (χ3n) is 4.67. The first-order valence-electron chi connectivity index (χ1n) is 8.53. The van der Waals surface area contributed by atoms with E-state index in [4.69, 9.17) is 4.98 Å². The maximum atomic E-state index is 4.73. The highest BCUT2D eigenvalue weighted by Crippen LogP contribution is 2.26. The highest BCUT2D eigenvalue weighted by molar-refractivity contribution is 5.15. The first-order chi connectivity index (χ1) is 10.7. The molecule has 1 aromatic heterocycles. The number of rotatable bonds is 6. The summed E-state index contributed by atoms with van der Waals surface area (Å²) in [7, 11) is 0. The molecule has 3 heteroatoms. The summed E-state index contributed by atoms with van der Waals surface area (Å²) >= 11 is 0. The van der Waals surface area contributed by atoms with Gasteiger partial charge in [0, 0.05) is 31.2 Å². The number of nitrogens with one attached hydrogen (secondary N) is 1. The van der Waals surface area contributed by atoms with Gasteiger partial charge in [-0.05, 0) is 45.1 Å². The van der Waals surface area contributed by atoms with E-state index in [9.17, 15) is 0 Å². The number of aryl methyl sites for hydroxylation is 3. The minimum atomic E-state index is 0.548. The van der Waals surface area contributed by atoms with Crippen LogP contribution in [-0.4, -0.2) is 22.1 Å². The van der Waals surface area contributed by atoms with Crippen LogP contribution in [0.3, 0.4) is 0 Å². The molecule has 0 aliphatic carbocycles. The van der Waals surface area contributed by atoms with E-state index in [1.165, 1.54) is 30.7 Å². The monoisotopic (exact) mass is 297 g/mol. The molecule has 22 heavy (non-hydrogen) atoms. The molecule has 2 heterocycles. The molecule has 0 radical (unpaired) electrons. The maximum Gasteiger partial charge on any atom is 0.113 e. The second-order valence-electron chi connectivity index (χ2n) is 6.61. The number of fused-ring (bicyclic) bond motifs is 1. The molecule has 0 saturated heterocycles. The molecular formula is C19H27N3. The van der Waals surface area contributed by atoms with Crippen molar-refractivity contribution in [1.29, 1.82) is 0 Å². The van der Waals surface area contributed by atoms with Gasteiger partial charge in [0.05, 0.1) is 5.69 Å². The zero-order chi connectivity index (χ0) is 15.4. The molecule has 0 fully saturated rings. The van der Waals surface area contributed by atoms with E-state index in [-0.39, 0.29) is 0 Å². The van der Waals surface area contributed by atoms with Gasteiger partial charge in [0.25, 0.3) is 0 Å². The molecule has 0 saturated carbocycles. The van der Waals surface area contributed by atoms with Gasteiger partial charge in [0.15, 0.2) is 0 Å².